The van der Waals surface area contributed by atoms with Gasteiger partial charge in [-0.1, -0.05) is 27.7 Å². The van der Waals surface area contributed by atoms with Gasteiger partial charge in [0.15, 0.2) is 0 Å². The number of amides is 2. The highest BCUT2D eigenvalue weighted by Crippen LogP contribution is 2.07. The number of carbonyl (C=O) groups excluding carboxylic acids is 2. The molecular weight excluding hydrogens is 340 g/mol. The van der Waals surface area contributed by atoms with Crippen LogP contribution in [0.4, 0.5) is 4.79 Å². The fourth-order valence-corrected chi connectivity index (χ4v) is 2.10. The van der Waals surface area contributed by atoms with Crippen molar-refractivity contribution in [2.75, 3.05) is 26.7 Å². The highest BCUT2D eigenvalue weighted by Gasteiger charge is 2.23. The maximum Gasteiger partial charge on any atom is 0.422 e. The summed E-state index contributed by atoms with van der Waals surface area (Å²) < 4.78 is 10.1. The molecule has 0 aliphatic carbocycles. The normalized spacial score (nSPS) is 13.4. The minimum absolute atomic E-state index is 0.0948. The van der Waals surface area contributed by atoms with Gasteiger partial charge >= 0.3 is 6.09 Å². The van der Waals surface area contributed by atoms with Crippen LogP contribution in [-0.2, 0) is 14.3 Å². The van der Waals surface area contributed by atoms with Crippen LogP contribution in [0.5, 0.6) is 0 Å². The minimum atomic E-state index is -1.25. The van der Waals surface area contributed by atoms with E-state index < -0.39 is 24.0 Å². The maximum absolute atomic E-state index is 12.4. The van der Waals surface area contributed by atoms with Gasteiger partial charge in [0.05, 0.1) is 6.54 Å². The van der Waals surface area contributed by atoms with Crippen LogP contribution in [0.1, 0.15) is 48.5 Å². The quantitative estimate of drug-likeness (QED) is 0.390. The average Bonchev–Trinajstić information content (AvgIpc) is 2.41. The van der Waals surface area contributed by atoms with Gasteiger partial charge in [-0.3, -0.25) is 15.6 Å². The summed E-state index contributed by atoms with van der Waals surface area (Å²) in [6, 6.07) is 0. The summed E-state index contributed by atoms with van der Waals surface area (Å²) in [4.78, 5) is 24.3. The van der Waals surface area contributed by atoms with E-state index >= 15 is 0 Å². The van der Waals surface area contributed by atoms with Gasteiger partial charge in [-0.15, -0.1) is 0 Å². The molecule has 0 aliphatic heterocycles. The summed E-state index contributed by atoms with van der Waals surface area (Å²) in [6.45, 7) is 13.9. The van der Waals surface area contributed by atoms with Crippen LogP contribution in [0.25, 0.3) is 0 Å². The van der Waals surface area contributed by atoms with E-state index in [1.165, 1.54) is 17.1 Å². The third-order valence-electron chi connectivity index (χ3n) is 2.88. The van der Waals surface area contributed by atoms with Crippen molar-refractivity contribution in [1.82, 2.24) is 20.9 Å². The maximum atomic E-state index is 12.4. The zero-order chi connectivity index (χ0) is 20.5. The number of aliphatic hydroxyl groups is 1. The SMILES string of the molecule is COC(O)N(CC(C)C)NC(=O)CN(CC(C)C)NC(=O)OC(C)(C)C. The molecule has 0 saturated heterocycles. The zero-order valence-corrected chi connectivity index (χ0v) is 17.3. The van der Waals surface area contributed by atoms with Crippen molar-refractivity contribution in [3.05, 3.63) is 0 Å². The van der Waals surface area contributed by atoms with Crippen molar-refractivity contribution in [2.45, 2.75) is 60.5 Å². The fraction of sp³-hybridized carbons (Fsp3) is 0.882. The first-order chi connectivity index (χ1) is 11.8. The molecule has 9 nitrogen and oxygen atoms in total. The number of nitrogens with one attached hydrogen (secondary N) is 2. The summed E-state index contributed by atoms with van der Waals surface area (Å²) in [5.74, 6) is 0.0271. The van der Waals surface area contributed by atoms with Crippen molar-refractivity contribution in [1.29, 1.82) is 0 Å². The Morgan fingerprint density at radius 1 is 1.04 bits per heavy atom. The van der Waals surface area contributed by atoms with Gasteiger partial charge in [0.1, 0.15) is 5.60 Å². The van der Waals surface area contributed by atoms with Gasteiger partial charge in [0, 0.05) is 20.2 Å². The van der Waals surface area contributed by atoms with Crippen molar-refractivity contribution < 1.29 is 24.2 Å². The van der Waals surface area contributed by atoms with Gasteiger partial charge in [-0.2, -0.15) is 5.01 Å². The molecule has 154 valence electrons. The van der Waals surface area contributed by atoms with Crippen LogP contribution in [-0.4, -0.2) is 65.9 Å². The molecule has 0 aromatic carbocycles. The number of rotatable bonds is 10. The third kappa shape index (κ3) is 12.0. The first-order valence-corrected chi connectivity index (χ1v) is 8.85. The van der Waals surface area contributed by atoms with Gasteiger partial charge in [-0.25, -0.2) is 9.80 Å². The Kier molecular flexibility index (Phi) is 10.7. The van der Waals surface area contributed by atoms with Crippen LogP contribution < -0.4 is 10.9 Å². The Bertz CT molecular complexity index is 437. The largest absolute Gasteiger partial charge is 0.443 e. The summed E-state index contributed by atoms with van der Waals surface area (Å²) in [5, 5.41) is 12.7. The summed E-state index contributed by atoms with van der Waals surface area (Å²) in [5.41, 5.74) is 4.57. The molecule has 0 aliphatic rings. The molecule has 0 bridgehead atoms. The number of ether oxygens (including phenoxy) is 2. The zero-order valence-electron chi connectivity index (χ0n) is 17.3. The average molecular weight is 376 g/mol. The van der Waals surface area contributed by atoms with Crippen molar-refractivity contribution in [3.8, 4) is 0 Å². The second-order valence-corrected chi connectivity index (χ2v) is 8.03. The van der Waals surface area contributed by atoms with Crippen LogP contribution in [0.2, 0.25) is 0 Å². The van der Waals surface area contributed by atoms with E-state index in [2.05, 4.69) is 10.9 Å². The molecule has 3 N–H and O–H groups in total. The standard InChI is InChI=1S/C17H36N4O5/c1-12(2)9-20(19-15(23)26-17(5,6)7)11-14(22)18-21(10-13(3)4)16(24)25-8/h12-13,16,24H,9-11H2,1-8H3,(H,18,22)(H,19,23). The molecular formula is C17H36N4O5. The smallest absolute Gasteiger partial charge is 0.422 e. The number of hydrogen-bond donors (Lipinski definition) is 3. The van der Waals surface area contributed by atoms with Crippen LogP contribution in [0.15, 0.2) is 0 Å². The van der Waals surface area contributed by atoms with Crippen molar-refractivity contribution in [2.24, 2.45) is 11.8 Å². The Labute approximate surface area is 156 Å². The molecule has 0 radical (unpaired) electrons. The second-order valence-electron chi connectivity index (χ2n) is 8.03. The third-order valence-corrected chi connectivity index (χ3v) is 2.88. The van der Waals surface area contributed by atoms with E-state index in [9.17, 15) is 14.7 Å². The Hall–Kier alpha value is -1.42. The Balaban J connectivity index is 4.86. The highest BCUT2D eigenvalue weighted by atomic mass is 16.6. The lowest BCUT2D eigenvalue weighted by molar-refractivity contribution is -0.200. The highest BCUT2D eigenvalue weighted by molar-refractivity contribution is 5.78. The van der Waals surface area contributed by atoms with E-state index in [-0.39, 0.29) is 18.4 Å². The van der Waals surface area contributed by atoms with E-state index in [0.717, 1.165) is 0 Å². The first-order valence-electron chi connectivity index (χ1n) is 8.85. The van der Waals surface area contributed by atoms with E-state index in [0.29, 0.717) is 13.1 Å². The van der Waals surface area contributed by atoms with Gasteiger partial charge in [0.2, 0.25) is 6.41 Å². The number of hydrogen-bond acceptors (Lipinski definition) is 7. The molecule has 1 atom stereocenters. The van der Waals surface area contributed by atoms with E-state index in [1.54, 1.807) is 20.8 Å². The first kappa shape index (κ1) is 24.6. The number of nitrogens with zero attached hydrogens (tertiary/aromatic N) is 2. The van der Waals surface area contributed by atoms with Crippen LogP contribution >= 0.6 is 0 Å². The molecule has 26 heavy (non-hydrogen) atoms. The molecule has 2 amide bonds. The Morgan fingerprint density at radius 3 is 2.00 bits per heavy atom. The molecule has 0 fully saturated rings. The molecule has 0 aromatic heterocycles. The molecule has 0 heterocycles. The fourth-order valence-electron chi connectivity index (χ4n) is 2.10. The lowest BCUT2D eigenvalue weighted by atomic mass is 10.2. The number of aliphatic hydroxyl groups excluding tert-OH is 1. The van der Waals surface area contributed by atoms with Crippen molar-refractivity contribution >= 4 is 12.0 Å². The van der Waals surface area contributed by atoms with Crippen LogP contribution in [0, 0.1) is 11.8 Å². The van der Waals surface area contributed by atoms with Gasteiger partial charge < -0.3 is 14.6 Å². The monoisotopic (exact) mass is 376 g/mol. The number of carbonyl (C=O) groups is 2. The van der Waals surface area contributed by atoms with E-state index in [4.69, 9.17) is 9.47 Å². The number of hydrazine groups is 2. The predicted molar refractivity (Wildman–Crippen MR) is 98.5 cm³/mol. The summed E-state index contributed by atoms with van der Waals surface area (Å²) in [7, 11) is 1.35. The van der Waals surface area contributed by atoms with E-state index in [1.807, 2.05) is 27.7 Å². The molecule has 0 aromatic rings. The predicted octanol–water partition coefficient (Wildman–Crippen LogP) is 1.30. The molecule has 0 saturated carbocycles. The lowest BCUT2D eigenvalue weighted by Gasteiger charge is -2.30. The molecule has 0 rings (SSSR count). The van der Waals surface area contributed by atoms with Crippen molar-refractivity contribution in [3.63, 3.8) is 0 Å². The Morgan fingerprint density at radius 2 is 1.58 bits per heavy atom. The minimum Gasteiger partial charge on any atom is -0.443 e. The molecule has 9 heteroatoms. The lowest BCUT2D eigenvalue weighted by Crippen LogP contribution is -2.55. The summed E-state index contributed by atoms with van der Waals surface area (Å²) in [6.07, 6.45) is -1.87. The second kappa shape index (κ2) is 11.3. The van der Waals surface area contributed by atoms with Gasteiger partial charge in [0.25, 0.3) is 5.91 Å². The number of methoxy groups -OCH3 is 1. The van der Waals surface area contributed by atoms with Crippen LogP contribution in [0.3, 0.4) is 0 Å². The molecule has 0 spiro atoms. The topological polar surface area (TPSA) is 103 Å². The molecule has 1 unspecified atom stereocenters. The summed E-state index contributed by atoms with van der Waals surface area (Å²) >= 11 is 0. The van der Waals surface area contributed by atoms with Gasteiger partial charge in [-0.05, 0) is 32.6 Å².